The number of imidazole rings is 1. The number of fused-ring (bicyclic) bond motifs is 1. The summed E-state index contributed by atoms with van der Waals surface area (Å²) in [5.74, 6) is 0.323. The molecular weight excluding hydrogens is 231 g/mol. The third kappa shape index (κ3) is 1.52. The zero-order valence-corrected chi connectivity index (χ0v) is 9.76. The highest BCUT2D eigenvalue weighted by Gasteiger charge is 2.10. The molecule has 0 saturated heterocycles. The van der Waals surface area contributed by atoms with Gasteiger partial charge in [0.1, 0.15) is 17.2 Å². The first-order valence-corrected chi connectivity index (χ1v) is 5.48. The molecule has 0 atom stereocenters. The summed E-state index contributed by atoms with van der Waals surface area (Å²) in [7, 11) is 1.91. The lowest BCUT2D eigenvalue weighted by Crippen LogP contribution is -1.95. The van der Waals surface area contributed by atoms with Gasteiger partial charge in [-0.25, -0.2) is 9.37 Å². The molecule has 0 fully saturated rings. The van der Waals surface area contributed by atoms with Gasteiger partial charge in [0.2, 0.25) is 0 Å². The first-order chi connectivity index (χ1) is 8.66. The molecule has 0 aliphatic rings. The number of anilines is 1. The average Bonchev–Trinajstić information content (AvgIpc) is 2.71. The third-order valence-corrected chi connectivity index (χ3v) is 2.94. The summed E-state index contributed by atoms with van der Waals surface area (Å²) in [6, 6.07) is 6.49. The van der Waals surface area contributed by atoms with Crippen LogP contribution in [-0.4, -0.2) is 14.5 Å². The number of nitrogens with zero attached hydrogens (tertiary/aromatic N) is 3. The molecular formula is C13H11FN4. The predicted octanol–water partition coefficient (Wildman–Crippen LogP) is 2.36. The Bertz CT molecular complexity index is 733. The molecule has 4 nitrogen and oxygen atoms in total. The van der Waals surface area contributed by atoms with Crippen molar-refractivity contribution in [2.45, 2.75) is 0 Å². The number of aromatic nitrogens is 3. The number of nitrogens with two attached hydrogens (primary N) is 1. The summed E-state index contributed by atoms with van der Waals surface area (Å²) in [6.45, 7) is 0. The average molecular weight is 242 g/mol. The Morgan fingerprint density at radius 2 is 2.11 bits per heavy atom. The predicted molar refractivity (Wildman–Crippen MR) is 68.3 cm³/mol. The van der Waals surface area contributed by atoms with Crippen molar-refractivity contribution < 1.29 is 4.39 Å². The summed E-state index contributed by atoms with van der Waals surface area (Å²) in [5.41, 5.74) is 8.26. The Balaban J connectivity index is 2.25. The number of nitrogen functional groups attached to an aromatic ring is 1. The molecule has 0 saturated carbocycles. The van der Waals surface area contributed by atoms with Crippen LogP contribution in [0.4, 0.5) is 10.1 Å². The van der Waals surface area contributed by atoms with Crippen LogP contribution in [0.1, 0.15) is 0 Å². The minimum absolute atomic E-state index is 0.123. The highest BCUT2D eigenvalue weighted by molar-refractivity contribution is 5.80. The molecule has 0 spiro atoms. The monoisotopic (exact) mass is 242 g/mol. The Labute approximate surface area is 103 Å². The first kappa shape index (κ1) is 10.7. The van der Waals surface area contributed by atoms with Crippen molar-refractivity contribution in [1.29, 1.82) is 0 Å². The quantitative estimate of drug-likeness (QED) is 0.666. The zero-order chi connectivity index (χ0) is 12.7. The van der Waals surface area contributed by atoms with Gasteiger partial charge in [0.15, 0.2) is 0 Å². The van der Waals surface area contributed by atoms with Crippen LogP contribution in [0.2, 0.25) is 0 Å². The van der Waals surface area contributed by atoms with Crippen LogP contribution < -0.4 is 5.73 Å². The number of benzene rings is 1. The van der Waals surface area contributed by atoms with Crippen molar-refractivity contribution in [3.05, 3.63) is 42.5 Å². The van der Waals surface area contributed by atoms with Crippen molar-refractivity contribution in [1.82, 2.24) is 14.5 Å². The van der Waals surface area contributed by atoms with E-state index in [9.17, 15) is 4.39 Å². The number of hydrogen-bond acceptors (Lipinski definition) is 3. The van der Waals surface area contributed by atoms with E-state index in [1.54, 1.807) is 24.5 Å². The Kier molecular flexibility index (Phi) is 2.26. The van der Waals surface area contributed by atoms with Crippen molar-refractivity contribution in [3.63, 3.8) is 0 Å². The lowest BCUT2D eigenvalue weighted by atomic mass is 10.2. The van der Waals surface area contributed by atoms with E-state index in [1.807, 2.05) is 17.7 Å². The smallest absolute Gasteiger partial charge is 0.146 e. The standard InChI is InChI=1S/C13H11FN4/c1-18-12-4-5-16-7-11(12)17-13(18)8-2-3-9(14)10(15)6-8/h2-7H,15H2,1H3. The first-order valence-electron chi connectivity index (χ1n) is 5.48. The zero-order valence-electron chi connectivity index (χ0n) is 9.76. The molecule has 1 aromatic carbocycles. The molecule has 0 unspecified atom stereocenters. The third-order valence-electron chi connectivity index (χ3n) is 2.94. The van der Waals surface area contributed by atoms with E-state index in [-0.39, 0.29) is 5.69 Å². The van der Waals surface area contributed by atoms with E-state index in [4.69, 9.17) is 5.73 Å². The fraction of sp³-hybridized carbons (Fsp3) is 0.0769. The number of halogens is 1. The van der Waals surface area contributed by atoms with Gasteiger partial charge in [0, 0.05) is 18.8 Å². The van der Waals surface area contributed by atoms with Crippen LogP contribution in [-0.2, 0) is 7.05 Å². The van der Waals surface area contributed by atoms with Gasteiger partial charge in [-0.05, 0) is 24.3 Å². The fourth-order valence-corrected chi connectivity index (χ4v) is 1.99. The SMILES string of the molecule is Cn1c(-c2ccc(F)c(N)c2)nc2cnccc21. The molecule has 2 aromatic heterocycles. The molecule has 0 aliphatic heterocycles. The van der Waals surface area contributed by atoms with Gasteiger partial charge >= 0.3 is 0 Å². The second-order valence-electron chi connectivity index (χ2n) is 4.10. The van der Waals surface area contributed by atoms with Gasteiger partial charge in [-0.15, -0.1) is 0 Å². The van der Waals surface area contributed by atoms with Crippen LogP contribution in [0.15, 0.2) is 36.7 Å². The molecule has 5 heteroatoms. The number of aryl methyl sites for hydroxylation is 1. The minimum atomic E-state index is -0.417. The number of hydrogen-bond donors (Lipinski definition) is 1. The van der Waals surface area contributed by atoms with Crippen molar-refractivity contribution >= 4 is 16.7 Å². The Hall–Kier alpha value is -2.43. The van der Waals surface area contributed by atoms with Gasteiger partial charge in [0.25, 0.3) is 0 Å². The van der Waals surface area contributed by atoms with Gasteiger partial charge in [-0.3, -0.25) is 4.98 Å². The van der Waals surface area contributed by atoms with E-state index in [2.05, 4.69) is 9.97 Å². The van der Waals surface area contributed by atoms with Crippen molar-refractivity contribution in [2.24, 2.45) is 7.05 Å². The van der Waals surface area contributed by atoms with Crippen molar-refractivity contribution in [3.8, 4) is 11.4 Å². The molecule has 0 bridgehead atoms. The second kappa shape index (κ2) is 3.80. The molecule has 3 rings (SSSR count). The van der Waals surface area contributed by atoms with E-state index in [1.165, 1.54) is 6.07 Å². The fourth-order valence-electron chi connectivity index (χ4n) is 1.99. The number of pyridine rings is 1. The molecule has 2 N–H and O–H groups in total. The maximum absolute atomic E-state index is 13.2. The largest absolute Gasteiger partial charge is 0.396 e. The van der Waals surface area contributed by atoms with Crippen LogP contribution in [0, 0.1) is 5.82 Å². The summed E-state index contributed by atoms with van der Waals surface area (Å²) < 4.78 is 15.1. The maximum atomic E-state index is 13.2. The topological polar surface area (TPSA) is 56.7 Å². The van der Waals surface area contributed by atoms with E-state index < -0.39 is 5.82 Å². The normalized spacial score (nSPS) is 11.0. The number of rotatable bonds is 1. The van der Waals surface area contributed by atoms with Crippen LogP contribution in [0.25, 0.3) is 22.4 Å². The Morgan fingerprint density at radius 1 is 1.28 bits per heavy atom. The molecule has 90 valence electrons. The summed E-state index contributed by atoms with van der Waals surface area (Å²) in [5, 5.41) is 0. The molecule has 2 heterocycles. The van der Waals surface area contributed by atoms with Gasteiger partial charge in [-0.2, -0.15) is 0 Å². The molecule has 0 radical (unpaired) electrons. The highest BCUT2D eigenvalue weighted by atomic mass is 19.1. The lowest BCUT2D eigenvalue weighted by Gasteiger charge is -2.04. The molecule has 18 heavy (non-hydrogen) atoms. The molecule has 0 aliphatic carbocycles. The summed E-state index contributed by atoms with van der Waals surface area (Å²) in [4.78, 5) is 8.51. The van der Waals surface area contributed by atoms with Crippen molar-refractivity contribution in [2.75, 3.05) is 5.73 Å². The van der Waals surface area contributed by atoms with E-state index in [0.29, 0.717) is 0 Å². The van der Waals surface area contributed by atoms with Gasteiger partial charge < -0.3 is 10.3 Å². The van der Waals surface area contributed by atoms with E-state index in [0.717, 1.165) is 22.4 Å². The van der Waals surface area contributed by atoms with Crippen LogP contribution >= 0.6 is 0 Å². The van der Waals surface area contributed by atoms with Gasteiger partial charge in [0.05, 0.1) is 17.4 Å². The Morgan fingerprint density at radius 3 is 2.83 bits per heavy atom. The maximum Gasteiger partial charge on any atom is 0.146 e. The molecule has 3 aromatic rings. The highest BCUT2D eigenvalue weighted by Crippen LogP contribution is 2.25. The molecule has 0 amide bonds. The van der Waals surface area contributed by atoms with Gasteiger partial charge in [-0.1, -0.05) is 0 Å². The second-order valence-corrected chi connectivity index (χ2v) is 4.10. The summed E-state index contributed by atoms with van der Waals surface area (Å²) in [6.07, 6.45) is 3.42. The summed E-state index contributed by atoms with van der Waals surface area (Å²) >= 11 is 0. The van der Waals surface area contributed by atoms with E-state index >= 15 is 0 Å². The van der Waals surface area contributed by atoms with Crippen LogP contribution in [0.5, 0.6) is 0 Å². The minimum Gasteiger partial charge on any atom is -0.396 e. The van der Waals surface area contributed by atoms with Crippen LogP contribution in [0.3, 0.4) is 0 Å². The lowest BCUT2D eigenvalue weighted by molar-refractivity contribution is 0.632.